The van der Waals surface area contributed by atoms with Crippen LogP contribution in [0, 0.1) is 0 Å². The van der Waals surface area contributed by atoms with E-state index in [1.165, 1.54) is 29.1 Å². The van der Waals surface area contributed by atoms with Crippen molar-refractivity contribution in [2.75, 3.05) is 11.6 Å². The molecular formula is C8H9N3O3S. The summed E-state index contributed by atoms with van der Waals surface area (Å²) in [6.07, 6.45) is 2.86. The van der Waals surface area contributed by atoms with Crippen LogP contribution >= 0.6 is 11.8 Å². The third kappa shape index (κ3) is 1.82. The van der Waals surface area contributed by atoms with Crippen molar-refractivity contribution in [3.8, 4) is 0 Å². The van der Waals surface area contributed by atoms with Crippen molar-refractivity contribution in [3.05, 3.63) is 18.0 Å². The minimum absolute atomic E-state index is 0.291. The number of H-pyrrole nitrogens is 1. The fraction of sp³-hybridized carbons (Fsp3) is 0.375. The van der Waals surface area contributed by atoms with Crippen LogP contribution in [0.5, 0.6) is 0 Å². The van der Waals surface area contributed by atoms with Crippen molar-refractivity contribution in [1.82, 2.24) is 15.1 Å². The minimum atomic E-state index is -0.961. The lowest BCUT2D eigenvalue weighted by molar-refractivity contribution is -0.140. The summed E-state index contributed by atoms with van der Waals surface area (Å²) >= 11 is 1.44. The molecule has 15 heavy (non-hydrogen) atoms. The van der Waals surface area contributed by atoms with Gasteiger partial charge in [-0.15, -0.1) is 11.8 Å². The van der Waals surface area contributed by atoms with E-state index in [-0.39, 0.29) is 5.91 Å². The molecule has 0 saturated carbocycles. The van der Waals surface area contributed by atoms with Crippen molar-refractivity contribution in [3.63, 3.8) is 0 Å². The van der Waals surface area contributed by atoms with E-state index < -0.39 is 12.0 Å². The van der Waals surface area contributed by atoms with Crippen molar-refractivity contribution < 1.29 is 14.7 Å². The fourth-order valence-electron chi connectivity index (χ4n) is 1.38. The first-order valence-corrected chi connectivity index (χ1v) is 5.46. The highest BCUT2D eigenvalue weighted by Gasteiger charge is 2.35. The van der Waals surface area contributed by atoms with Gasteiger partial charge in [-0.25, -0.2) is 4.79 Å². The maximum Gasteiger partial charge on any atom is 0.327 e. The summed E-state index contributed by atoms with van der Waals surface area (Å²) in [5.41, 5.74) is 0.392. The number of carbonyl (C=O) groups is 2. The number of rotatable bonds is 2. The van der Waals surface area contributed by atoms with Gasteiger partial charge in [-0.2, -0.15) is 5.10 Å². The Labute approximate surface area is 89.6 Å². The number of carboxylic acids is 1. The van der Waals surface area contributed by atoms with E-state index in [4.69, 9.17) is 5.11 Å². The lowest BCUT2D eigenvalue weighted by Gasteiger charge is -2.19. The van der Waals surface area contributed by atoms with Crippen molar-refractivity contribution in [2.45, 2.75) is 6.04 Å². The first kappa shape index (κ1) is 10.0. The molecule has 0 radical (unpaired) electrons. The van der Waals surface area contributed by atoms with Crippen LogP contribution in [0.15, 0.2) is 12.4 Å². The average molecular weight is 227 g/mol. The third-order valence-corrected chi connectivity index (χ3v) is 3.19. The van der Waals surface area contributed by atoms with Crippen LogP contribution in [-0.4, -0.2) is 49.8 Å². The van der Waals surface area contributed by atoms with Crippen LogP contribution in [0.25, 0.3) is 0 Å². The van der Waals surface area contributed by atoms with Gasteiger partial charge in [-0.3, -0.25) is 9.89 Å². The van der Waals surface area contributed by atoms with Gasteiger partial charge in [0.15, 0.2) is 0 Å². The van der Waals surface area contributed by atoms with E-state index in [1.807, 2.05) is 0 Å². The molecule has 1 aromatic heterocycles. The van der Waals surface area contributed by atoms with Gasteiger partial charge in [-0.1, -0.05) is 0 Å². The predicted molar refractivity (Wildman–Crippen MR) is 53.5 cm³/mol. The first-order valence-electron chi connectivity index (χ1n) is 4.30. The Balaban J connectivity index is 2.17. The Hall–Kier alpha value is -1.50. The molecular weight excluding hydrogens is 218 g/mol. The number of carboxylic acid groups (broad SMARTS) is 1. The molecule has 0 aromatic carbocycles. The quantitative estimate of drug-likeness (QED) is 0.743. The van der Waals surface area contributed by atoms with Gasteiger partial charge in [0.25, 0.3) is 5.91 Å². The molecule has 0 aliphatic carbocycles. The number of hydrogen-bond donors (Lipinski definition) is 2. The van der Waals surface area contributed by atoms with E-state index >= 15 is 0 Å². The Bertz CT molecular complexity index is 378. The fourth-order valence-corrected chi connectivity index (χ4v) is 2.53. The molecule has 0 unspecified atom stereocenters. The highest BCUT2D eigenvalue weighted by atomic mass is 32.2. The molecule has 2 rings (SSSR count). The standard InChI is InChI=1S/C8H9N3O3S/c12-7(5-1-9-10-2-5)11-4-15-3-6(11)8(13)14/h1-2,6H,3-4H2,(H,9,10)(H,13,14)/t6-/m0/s1. The second-order valence-electron chi connectivity index (χ2n) is 3.12. The number of hydrogen-bond acceptors (Lipinski definition) is 4. The summed E-state index contributed by atoms with van der Waals surface area (Å²) in [5, 5.41) is 15.1. The normalized spacial score (nSPS) is 20.5. The maximum absolute atomic E-state index is 11.8. The number of aromatic amines is 1. The minimum Gasteiger partial charge on any atom is -0.480 e. The zero-order valence-electron chi connectivity index (χ0n) is 7.71. The number of carbonyl (C=O) groups excluding carboxylic acids is 1. The monoisotopic (exact) mass is 227 g/mol. The number of nitrogens with zero attached hydrogens (tertiary/aromatic N) is 2. The molecule has 1 fully saturated rings. The second kappa shape index (κ2) is 3.93. The summed E-state index contributed by atoms with van der Waals surface area (Å²) in [4.78, 5) is 24.0. The van der Waals surface area contributed by atoms with Gasteiger partial charge < -0.3 is 10.0 Å². The van der Waals surface area contributed by atoms with Gasteiger partial charge in [0.2, 0.25) is 0 Å². The number of nitrogens with one attached hydrogen (secondary N) is 1. The Morgan fingerprint density at radius 3 is 3.07 bits per heavy atom. The van der Waals surface area contributed by atoms with Crippen LogP contribution in [0.4, 0.5) is 0 Å². The van der Waals surface area contributed by atoms with Crippen LogP contribution < -0.4 is 0 Å². The van der Waals surface area contributed by atoms with Gasteiger partial charge in [-0.05, 0) is 0 Å². The highest BCUT2D eigenvalue weighted by molar-refractivity contribution is 7.99. The van der Waals surface area contributed by atoms with Crippen molar-refractivity contribution >= 4 is 23.6 Å². The van der Waals surface area contributed by atoms with Crippen LogP contribution in [0.3, 0.4) is 0 Å². The Morgan fingerprint density at radius 1 is 1.67 bits per heavy atom. The number of aromatic nitrogens is 2. The topological polar surface area (TPSA) is 86.3 Å². The zero-order chi connectivity index (χ0) is 10.8. The smallest absolute Gasteiger partial charge is 0.327 e. The molecule has 1 amide bonds. The Kier molecular flexibility index (Phi) is 2.63. The summed E-state index contributed by atoms with van der Waals surface area (Å²) in [5.74, 6) is -0.391. The number of aliphatic carboxylic acids is 1. The molecule has 2 N–H and O–H groups in total. The molecule has 1 aromatic rings. The number of thioether (sulfide) groups is 1. The van der Waals surface area contributed by atoms with E-state index in [0.29, 0.717) is 17.2 Å². The molecule has 1 aliphatic rings. The van der Waals surface area contributed by atoms with Gasteiger partial charge in [0.1, 0.15) is 6.04 Å². The summed E-state index contributed by atoms with van der Waals surface area (Å²) < 4.78 is 0. The third-order valence-electron chi connectivity index (χ3n) is 2.17. The SMILES string of the molecule is O=C(O)[C@@H]1CSCN1C(=O)c1cn[nH]c1. The molecule has 0 bridgehead atoms. The molecule has 0 spiro atoms. The largest absolute Gasteiger partial charge is 0.480 e. The molecule has 1 saturated heterocycles. The molecule has 7 heteroatoms. The van der Waals surface area contributed by atoms with E-state index in [9.17, 15) is 9.59 Å². The highest BCUT2D eigenvalue weighted by Crippen LogP contribution is 2.22. The first-order chi connectivity index (χ1) is 7.20. The molecule has 1 atom stereocenters. The lowest BCUT2D eigenvalue weighted by Crippen LogP contribution is -2.41. The van der Waals surface area contributed by atoms with Gasteiger partial charge in [0.05, 0.1) is 17.6 Å². The lowest BCUT2D eigenvalue weighted by atomic mass is 10.2. The summed E-state index contributed by atoms with van der Waals surface area (Å²) in [7, 11) is 0. The van der Waals surface area contributed by atoms with Crippen LogP contribution in [0.2, 0.25) is 0 Å². The van der Waals surface area contributed by atoms with Crippen LogP contribution in [0.1, 0.15) is 10.4 Å². The van der Waals surface area contributed by atoms with E-state index in [0.717, 1.165) is 0 Å². The summed E-state index contributed by atoms with van der Waals surface area (Å²) in [6.45, 7) is 0. The van der Waals surface area contributed by atoms with E-state index in [1.54, 1.807) is 0 Å². The van der Waals surface area contributed by atoms with Crippen molar-refractivity contribution in [2.24, 2.45) is 0 Å². The molecule has 1 aliphatic heterocycles. The maximum atomic E-state index is 11.8. The van der Waals surface area contributed by atoms with Crippen molar-refractivity contribution in [1.29, 1.82) is 0 Å². The predicted octanol–water partition coefficient (Wildman–Crippen LogP) is 0.00940. The summed E-state index contributed by atoms with van der Waals surface area (Å²) in [6, 6.07) is -0.725. The zero-order valence-corrected chi connectivity index (χ0v) is 8.53. The number of amides is 1. The van der Waals surface area contributed by atoms with Crippen LogP contribution in [-0.2, 0) is 4.79 Å². The van der Waals surface area contributed by atoms with Gasteiger partial charge >= 0.3 is 5.97 Å². The Morgan fingerprint density at radius 2 is 2.47 bits per heavy atom. The molecule has 80 valence electrons. The molecule has 2 heterocycles. The second-order valence-corrected chi connectivity index (χ2v) is 4.12. The van der Waals surface area contributed by atoms with Gasteiger partial charge in [0, 0.05) is 11.9 Å². The average Bonchev–Trinajstić information content (AvgIpc) is 2.88. The van der Waals surface area contributed by atoms with E-state index in [2.05, 4.69) is 10.2 Å². The molecule has 6 nitrogen and oxygen atoms in total.